The molecule has 0 heterocycles. The van der Waals surface area contributed by atoms with Crippen LogP contribution in [0.4, 0.5) is 11.4 Å². The highest BCUT2D eigenvalue weighted by atomic mass is 16.6. The number of rotatable bonds is 6. The maximum Gasteiger partial charge on any atom is 0.293 e. The highest BCUT2D eigenvalue weighted by Crippen LogP contribution is 2.25. The van der Waals surface area contributed by atoms with E-state index in [-0.39, 0.29) is 11.3 Å². The summed E-state index contributed by atoms with van der Waals surface area (Å²) in [4.78, 5) is 21.3. The Bertz CT molecular complexity index is 506. The molecule has 0 fully saturated rings. The molecule has 94 valence electrons. The third-order valence-corrected chi connectivity index (χ3v) is 2.29. The Morgan fingerprint density at radius 2 is 2.28 bits per heavy atom. The fraction of sp³-hybridized carbons (Fsp3) is 0.250. The summed E-state index contributed by atoms with van der Waals surface area (Å²) in [6.07, 6.45) is 6.41. The summed E-state index contributed by atoms with van der Waals surface area (Å²) in [5.74, 6) is 1.78. The quantitative estimate of drug-likeness (QED) is 0.344. The van der Waals surface area contributed by atoms with Gasteiger partial charge in [-0.25, -0.2) is 0 Å². The molecule has 1 aromatic carbocycles. The number of unbranched alkanes of at least 4 members (excludes halogenated alkanes) is 1. The minimum absolute atomic E-state index is 0.107. The molecule has 1 rings (SSSR count). The molecule has 6 heteroatoms. The molecule has 0 unspecified atom stereocenters. The molecule has 3 N–H and O–H groups in total. The van der Waals surface area contributed by atoms with Crippen molar-refractivity contribution in [2.24, 2.45) is 5.73 Å². The van der Waals surface area contributed by atoms with Gasteiger partial charge in [0.15, 0.2) is 0 Å². The first-order valence-electron chi connectivity index (χ1n) is 5.32. The summed E-state index contributed by atoms with van der Waals surface area (Å²) >= 11 is 0. The average molecular weight is 247 g/mol. The van der Waals surface area contributed by atoms with E-state index in [1.807, 2.05) is 0 Å². The average Bonchev–Trinajstić information content (AvgIpc) is 2.34. The largest absolute Gasteiger partial charge is 0.379 e. The maximum absolute atomic E-state index is 10.9. The number of hydrogen-bond acceptors (Lipinski definition) is 4. The van der Waals surface area contributed by atoms with Crippen molar-refractivity contribution in [1.82, 2.24) is 0 Å². The van der Waals surface area contributed by atoms with Crippen molar-refractivity contribution in [1.29, 1.82) is 0 Å². The second kappa shape index (κ2) is 6.25. The Hall–Kier alpha value is -2.55. The molecule has 0 saturated heterocycles. The van der Waals surface area contributed by atoms with Gasteiger partial charge in [-0.3, -0.25) is 14.9 Å². The minimum Gasteiger partial charge on any atom is -0.379 e. The van der Waals surface area contributed by atoms with Crippen LogP contribution in [0.2, 0.25) is 0 Å². The Morgan fingerprint density at radius 3 is 2.83 bits per heavy atom. The first-order chi connectivity index (χ1) is 8.56. The van der Waals surface area contributed by atoms with E-state index in [0.29, 0.717) is 25.1 Å². The van der Waals surface area contributed by atoms with Crippen molar-refractivity contribution in [3.8, 4) is 12.3 Å². The Kier molecular flexibility index (Phi) is 4.69. The fourth-order valence-corrected chi connectivity index (χ4v) is 1.40. The summed E-state index contributed by atoms with van der Waals surface area (Å²) in [7, 11) is 0. The molecule has 0 atom stereocenters. The maximum atomic E-state index is 10.9. The SMILES string of the molecule is C#CCCCNc1ccc(C(N)=O)cc1[N+](=O)[O-]. The molecule has 18 heavy (non-hydrogen) atoms. The van der Waals surface area contributed by atoms with Crippen molar-refractivity contribution >= 4 is 17.3 Å². The molecule has 0 saturated carbocycles. The Morgan fingerprint density at radius 1 is 1.56 bits per heavy atom. The molecular formula is C12H13N3O3. The smallest absolute Gasteiger partial charge is 0.293 e. The summed E-state index contributed by atoms with van der Waals surface area (Å²) in [5, 5.41) is 13.8. The predicted molar refractivity (Wildman–Crippen MR) is 68.2 cm³/mol. The first-order valence-corrected chi connectivity index (χ1v) is 5.32. The van der Waals surface area contributed by atoms with Gasteiger partial charge in [0, 0.05) is 24.6 Å². The van der Waals surface area contributed by atoms with Gasteiger partial charge in [0.25, 0.3) is 5.69 Å². The molecule has 1 aromatic rings. The highest BCUT2D eigenvalue weighted by molar-refractivity contribution is 5.94. The second-order valence-corrected chi connectivity index (χ2v) is 3.59. The first kappa shape index (κ1) is 13.5. The summed E-state index contributed by atoms with van der Waals surface area (Å²) in [6.45, 7) is 0.529. The topological polar surface area (TPSA) is 98.3 Å². The van der Waals surface area contributed by atoms with Gasteiger partial charge in [-0.15, -0.1) is 12.3 Å². The number of primary amides is 1. The van der Waals surface area contributed by atoms with Gasteiger partial charge in [-0.1, -0.05) is 0 Å². The van der Waals surface area contributed by atoms with Crippen molar-refractivity contribution in [3.05, 3.63) is 33.9 Å². The number of carbonyl (C=O) groups is 1. The van der Waals surface area contributed by atoms with Gasteiger partial charge in [-0.2, -0.15) is 0 Å². The monoisotopic (exact) mass is 247 g/mol. The van der Waals surface area contributed by atoms with Crippen LogP contribution in [0.15, 0.2) is 18.2 Å². The van der Waals surface area contributed by atoms with Gasteiger partial charge in [0.2, 0.25) is 5.91 Å². The number of benzene rings is 1. The van der Waals surface area contributed by atoms with Crippen molar-refractivity contribution < 1.29 is 9.72 Å². The number of nitrogens with one attached hydrogen (secondary N) is 1. The summed E-state index contributed by atoms with van der Waals surface area (Å²) in [5.41, 5.74) is 5.35. The number of nitrogens with two attached hydrogens (primary N) is 1. The zero-order valence-electron chi connectivity index (χ0n) is 9.68. The lowest BCUT2D eigenvalue weighted by atomic mass is 10.1. The van der Waals surface area contributed by atoms with Crippen LogP contribution in [0.5, 0.6) is 0 Å². The van der Waals surface area contributed by atoms with E-state index in [1.54, 1.807) is 0 Å². The van der Waals surface area contributed by atoms with E-state index >= 15 is 0 Å². The Labute approximate surface area is 104 Å². The fourth-order valence-electron chi connectivity index (χ4n) is 1.40. The molecule has 1 amide bonds. The minimum atomic E-state index is -0.697. The molecule has 0 radical (unpaired) electrons. The second-order valence-electron chi connectivity index (χ2n) is 3.59. The van der Waals surface area contributed by atoms with Gasteiger partial charge in [0.1, 0.15) is 5.69 Å². The van der Waals surface area contributed by atoms with Crippen LogP contribution >= 0.6 is 0 Å². The van der Waals surface area contributed by atoms with Gasteiger partial charge in [-0.05, 0) is 18.6 Å². The van der Waals surface area contributed by atoms with E-state index in [2.05, 4.69) is 11.2 Å². The molecule has 0 aromatic heterocycles. The number of carbonyl (C=O) groups excluding carboxylic acids is 1. The number of terminal acetylenes is 1. The van der Waals surface area contributed by atoms with E-state index < -0.39 is 10.8 Å². The standard InChI is InChI=1S/C12H13N3O3/c1-2-3-4-7-14-10-6-5-9(12(13)16)8-11(10)15(17)18/h1,5-6,8,14H,3-4,7H2,(H2,13,16). The number of nitro benzene ring substituents is 1. The van der Waals surface area contributed by atoms with E-state index in [1.165, 1.54) is 12.1 Å². The number of anilines is 1. The zero-order valence-corrected chi connectivity index (χ0v) is 9.68. The Balaban J connectivity index is 2.87. The predicted octanol–water partition coefficient (Wildman–Crippen LogP) is 1.52. The van der Waals surface area contributed by atoms with Gasteiger partial charge < -0.3 is 11.1 Å². The van der Waals surface area contributed by atoms with Crippen LogP contribution in [-0.2, 0) is 0 Å². The molecular weight excluding hydrogens is 234 g/mol. The lowest BCUT2D eigenvalue weighted by Crippen LogP contribution is -2.12. The van der Waals surface area contributed by atoms with Gasteiger partial charge in [0.05, 0.1) is 4.92 Å². The highest BCUT2D eigenvalue weighted by Gasteiger charge is 2.15. The van der Waals surface area contributed by atoms with Crippen molar-refractivity contribution in [2.75, 3.05) is 11.9 Å². The van der Waals surface area contributed by atoms with Crippen LogP contribution < -0.4 is 11.1 Å². The van der Waals surface area contributed by atoms with Crippen LogP contribution in [-0.4, -0.2) is 17.4 Å². The summed E-state index contributed by atoms with van der Waals surface area (Å²) in [6, 6.07) is 4.07. The number of nitro groups is 1. The zero-order chi connectivity index (χ0) is 13.5. The summed E-state index contributed by atoms with van der Waals surface area (Å²) < 4.78 is 0. The molecule has 0 bridgehead atoms. The molecule has 6 nitrogen and oxygen atoms in total. The molecule has 0 spiro atoms. The number of hydrogen-bond donors (Lipinski definition) is 2. The van der Waals surface area contributed by atoms with Crippen LogP contribution in [0.25, 0.3) is 0 Å². The number of amides is 1. The van der Waals surface area contributed by atoms with Crippen LogP contribution in [0, 0.1) is 22.5 Å². The number of nitrogens with zero attached hydrogens (tertiary/aromatic N) is 1. The lowest BCUT2D eigenvalue weighted by molar-refractivity contribution is -0.384. The molecule has 0 aliphatic carbocycles. The van der Waals surface area contributed by atoms with Gasteiger partial charge >= 0.3 is 0 Å². The van der Waals surface area contributed by atoms with Crippen LogP contribution in [0.1, 0.15) is 23.2 Å². The lowest BCUT2D eigenvalue weighted by Gasteiger charge is -2.06. The third-order valence-electron chi connectivity index (χ3n) is 2.29. The van der Waals surface area contributed by atoms with E-state index in [9.17, 15) is 14.9 Å². The molecule has 0 aliphatic heterocycles. The van der Waals surface area contributed by atoms with Crippen molar-refractivity contribution in [3.63, 3.8) is 0 Å². The third kappa shape index (κ3) is 3.49. The molecule has 0 aliphatic rings. The van der Waals surface area contributed by atoms with E-state index in [4.69, 9.17) is 12.2 Å². The van der Waals surface area contributed by atoms with Crippen LogP contribution in [0.3, 0.4) is 0 Å². The van der Waals surface area contributed by atoms with E-state index in [0.717, 1.165) is 6.07 Å². The van der Waals surface area contributed by atoms with Crippen molar-refractivity contribution in [2.45, 2.75) is 12.8 Å². The normalized spacial score (nSPS) is 9.50.